The van der Waals surface area contributed by atoms with Crippen LogP contribution < -0.4 is 16.4 Å². The van der Waals surface area contributed by atoms with E-state index in [0.717, 1.165) is 18.8 Å². The molecule has 1 aliphatic carbocycles. The first kappa shape index (κ1) is 42.6. The van der Waals surface area contributed by atoms with Crippen LogP contribution in [0.1, 0.15) is 96.6 Å². The minimum Gasteiger partial charge on any atom is -0.380 e. The molecular formula is C42H63N3O8. The Bertz CT molecular complexity index is 1380. The zero-order valence-electron chi connectivity index (χ0n) is 32.5. The fraction of sp³-hybridized carbons (Fsp3) is 0.643. The topological polar surface area (TPSA) is 147 Å². The van der Waals surface area contributed by atoms with Crippen molar-refractivity contribution < 1.29 is 38.1 Å². The number of benzene rings is 2. The predicted octanol–water partition coefficient (Wildman–Crippen LogP) is 5.73. The van der Waals surface area contributed by atoms with E-state index in [9.17, 15) is 14.4 Å². The zero-order chi connectivity index (χ0) is 38.2. The van der Waals surface area contributed by atoms with Crippen LogP contribution in [-0.2, 0) is 38.1 Å². The normalized spacial score (nSPS) is 21.4. The lowest BCUT2D eigenvalue weighted by atomic mass is 9.90. The van der Waals surface area contributed by atoms with Gasteiger partial charge in [0.2, 0.25) is 11.8 Å². The summed E-state index contributed by atoms with van der Waals surface area (Å²) in [6.45, 7) is 13.9. The molecule has 1 spiro atoms. The van der Waals surface area contributed by atoms with Gasteiger partial charge in [-0.3, -0.25) is 14.4 Å². The smallest absolute Gasteiger partial charge is 0.242 e. The Morgan fingerprint density at radius 3 is 1.87 bits per heavy atom. The van der Waals surface area contributed by atoms with Crippen molar-refractivity contribution in [2.45, 2.75) is 104 Å². The van der Waals surface area contributed by atoms with Gasteiger partial charge in [0.05, 0.1) is 45.1 Å². The van der Waals surface area contributed by atoms with Crippen LogP contribution in [0.3, 0.4) is 0 Å². The quantitative estimate of drug-likeness (QED) is 0.163. The van der Waals surface area contributed by atoms with Gasteiger partial charge in [-0.15, -0.1) is 0 Å². The number of rotatable bonds is 18. The minimum atomic E-state index is -0.814. The maximum Gasteiger partial charge on any atom is 0.242 e. The number of nitrogens with one attached hydrogen (secondary N) is 2. The summed E-state index contributed by atoms with van der Waals surface area (Å²) in [5.74, 6) is 0.254. The summed E-state index contributed by atoms with van der Waals surface area (Å²) in [6.07, 6.45) is 2.83. The number of nitrogens with two attached hydrogens (primary N) is 1. The third-order valence-corrected chi connectivity index (χ3v) is 9.56. The summed E-state index contributed by atoms with van der Waals surface area (Å²) in [4.78, 5) is 38.5. The molecule has 0 bridgehead atoms. The van der Waals surface area contributed by atoms with Gasteiger partial charge in [-0.1, -0.05) is 83.1 Å². The van der Waals surface area contributed by atoms with Gasteiger partial charge in [0, 0.05) is 37.6 Å². The third kappa shape index (κ3) is 13.3. The van der Waals surface area contributed by atoms with Crippen LogP contribution in [0.2, 0.25) is 0 Å². The zero-order valence-corrected chi connectivity index (χ0v) is 32.5. The number of hydrogen-bond acceptors (Lipinski definition) is 9. The first-order valence-corrected chi connectivity index (χ1v) is 19.5. The Labute approximate surface area is 316 Å². The molecule has 294 valence electrons. The van der Waals surface area contributed by atoms with E-state index >= 15 is 0 Å². The molecule has 4 N–H and O–H groups in total. The van der Waals surface area contributed by atoms with Gasteiger partial charge in [-0.2, -0.15) is 0 Å². The van der Waals surface area contributed by atoms with Crippen LogP contribution in [0.25, 0.3) is 11.1 Å². The predicted molar refractivity (Wildman–Crippen MR) is 205 cm³/mol. The Hall–Kier alpha value is -3.19. The number of amides is 2. The van der Waals surface area contributed by atoms with Gasteiger partial charge in [0.1, 0.15) is 11.8 Å². The third-order valence-electron chi connectivity index (χ3n) is 9.56. The molecule has 2 saturated heterocycles. The van der Waals surface area contributed by atoms with Crippen molar-refractivity contribution in [3.8, 4) is 11.1 Å². The van der Waals surface area contributed by atoms with Crippen LogP contribution in [0.5, 0.6) is 0 Å². The first-order chi connectivity index (χ1) is 25.5. The van der Waals surface area contributed by atoms with Crippen molar-refractivity contribution in [3.05, 3.63) is 59.7 Å². The lowest BCUT2D eigenvalue weighted by Gasteiger charge is -2.43. The van der Waals surface area contributed by atoms with Gasteiger partial charge in [-0.05, 0) is 60.4 Å². The van der Waals surface area contributed by atoms with Crippen molar-refractivity contribution in [2.75, 3.05) is 52.7 Å². The molecule has 1 atom stereocenters. The van der Waals surface area contributed by atoms with E-state index in [-0.39, 0.29) is 73.3 Å². The highest BCUT2D eigenvalue weighted by Gasteiger charge is 2.41. The summed E-state index contributed by atoms with van der Waals surface area (Å²) in [6, 6.07) is 15.9. The molecule has 2 aromatic carbocycles. The van der Waals surface area contributed by atoms with Crippen molar-refractivity contribution in [2.24, 2.45) is 23.0 Å². The molecule has 2 fully saturated rings. The Morgan fingerprint density at radius 2 is 1.34 bits per heavy atom. The molecule has 1 unspecified atom stereocenters. The number of fused-ring (bicyclic) bond motifs is 3. The number of carbonyl (C=O) groups excluding carboxylic acids is 3. The summed E-state index contributed by atoms with van der Waals surface area (Å²) in [5, 5.41) is 5.77. The number of Topliss-reactive ketones (excluding diaryl/α,β-unsaturated/α-hetero) is 1. The van der Waals surface area contributed by atoms with E-state index < -0.39 is 6.04 Å². The first-order valence-electron chi connectivity index (χ1n) is 19.5. The second-order valence-electron chi connectivity index (χ2n) is 15.5. The van der Waals surface area contributed by atoms with Crippen molar-refractivity contribution in [1.82, 2.24) is 10.6 Å². The summed E-state index contributed by atoms with van der Waals surface area (Å²) >= 11 is 0. The van der Waals surface area contributed by atoms with Gasteiger partial charge in [0.15, 0.2) is 12.6 Å². The number of carbonyl (C=O) groups is 3. The SMILES string of the molecule is CC(C)C.CC(C)C(=O)CCC(NC(=O)CCOCC1c2ccccc2-c2ccccc21)C(=O)NCCCC1OCC2(COC(CCCN)OC2)CO1. The molecule has 0 saturated carbocycles. The minimum absolute atomic E-state index is 0.0525. The van der Waals surface area contributed by atoms with E-state index in [4.69, 9.17) is 29.4 Å². The van der Waals surface area contributed by atoms with E-state index in [1.165, 1.54) is 22.3 Å². The molecule has 11 nitrogen and oxygen atoms in total. The summed E-state index contributed by atoms with van der Waals surface area (Å²) in [7, 11) is 0. The molecule has 3 aliphatic rings. The Kier molecular flexibility index (Phi) is 17.4. The standard InChI is InChI=1S/C38H53N3O8.C4H10/c1-26(2)33(42)16-15-32(37(44)40-19-8-14-36-48-24-38(25-49-36)22-46-35(47-23-38)13-7-18-39)41-34(43)17-20-45-21-31-29-11-5-3-9-27(29)28-10-4-6-12-30(28)31;1-4(2)3/h3-6,9-12,26,31-32,35-36H,7-8,13-25,39H2,1-2H3,(H,40,44)(H,41,43);4H,1-3H3. The molecular weight excluding hydrogens is 674 g/mol. The van der Waals surface area contributed by atoms with Gasteiger partial charge in [0.25, 0.3) is 0 Å². The van der Waals surface area contributed by atoms with Gasteiger partial charge in [-0.25, -0.2) is 0 Å². The molecule has 2 aromatic rings. The summed E-state index contributed by atoms with van der Waals surface area (Å²) in [5.41, 5.74) is 10.2. The number of hydrogen-bond donors (Lipinski definition) is 3. The molecule has 11 heteroatoms. The monoisotopic (exact) mass is 737 g/mol. The van der Waals surface area contributed by atoms with Gasteiger partial charge < -0.3 is 40.1 Å². The molecule has 2 heterocycles. The van der Waals surface area contributed by atoms with E-state index in [0.29, 0.717) is 59.0 Å². The largest absolute Gasteiger partial charge is 0.380 e. The van der Waals surface area contributed by atoms with Crippen molar-refractivity contribution in [1.29, 1.82) is 0 Å². The van der Waals surface area contributed by atoms with E-state index in [1.54, 1.807) is 0 Å². The lowest BCUT2D eigenvalue weighted by molar-refractivity contribution is -0.304. The highest BCUT2D eigenvalue weighted by Crippen LogP contribution is 2.44. The molecule has 2 amide bonds. The van der Waals surface area contributed by atoms with Gasteiger partial charge >= 0.3 is 0 Å². The van der Waals surface area contributed by atoms with Crippen molar-refractivity contribution in [3.63, 3.8) is 0 Å². The molecule has 2 aliphatic heterocycles. The number of ketones is 1. The second-order valence-corrected chi connectivity index (χ2v) is 15.5. The van der Waals surface area contributed by atoms with Crippen LogP contribution in [0.4, 0.5) is 0 Å². The maximum absolute atomic E-state index is 13.2. The fourth-order valence-electron chi connectivity index (χ4n) is 6.56. The number of ether oxygens (including phenoxy) is 5. The average molecular weight is 738 g/mol. The maximum atomic E-state index is 13.2. The lowest BCUT2D eigenvalue weighted by Crippen LogP contribution is -2.52. The summed E-state index contributed by atoms with van der Waals surface area (Å²) < 4.78 is 29.7. The van der Waals surface area contributed by atoms with Crippen LogP contribution >= 0.6 is 0 Å². The van der Waals surface area contributed by atoms with Crippen LogP contribution in [0.15, 0.2) is 48.5 Å². The van der Waals surface area contributed by atoms with Crippen LogP contribution in [-0.4, -0.2) is 89.0 Å². The molecule has 53 heavy (non-hydrogen) atoms. The Balaban J connectivity index is 0.00000149. The fourth-order valence-corrected chi connectivity index (χ4v) is 6.56. The van der Waals surface area contributed by atoms with Crippen molar-refractivity contribution >= 4 is 17.6 Å². The van der Waals surface area contributed by atoms with Crippen LogP contribution in [0, 0.1) is 17.3 Å². The second kappa shape index (κ2) is 21.6. The molecule has 5 rings (SSSR count). The average Bonchev–Trinajstić information content (AvgIpc) is 3.47. The highest BCUT2D eigenvalue weighted by atomic mass is 16.7. The van der Waals surface area contributed by atoms with E-state index in [1.807, 2.05) is 38.1 Å². The molecule has 0 aromatic heterocycles. The highest BCUT2D eigenvalue weighted by molar-refractivity contribution is 5.88. The van der Waals surface area contributed by atoms with E-state index in [2.05, 4.69) is 55.7 Å². The Morgan fingerprint density at radius 1 is 0.811 bits per heavy atom. The molecule has 0 radical (unpaired) electrons.